The summed E-state index contributed by atoms with van der Waals surface area (Å²) in [4.78, 5) is 29.7. The summed E-state index contributed by atoms with van der Waals surface area (Å²) in [5.74, 6) is -0.237. The molecule has 1 atom stereocenters. The molecule has 230 valence electrons. The Kier molecular flexibility index (Phi) is 11.6. The zero-order chi connectivity index (χ0) is 31.5. The first-order valence-electron chi connectivity index (χ1n) is 14.3. The molecule has 0 heterocycles. The number of anilines is 1. The van der Waals surface area contributed by atoms with E-state index in [1.54, 1.807) is 61.7 Å². The van der Waals surface area contributed by atoms with E-state index >= 15 is 0 Å². The number of sulfonamides is 1. The summed E-state index contributed by atoms with van der Waals surface area (Å²) in [6, 6.07) is 30.6. The van der Waals surface area contributed by atoms with E-state index in [0.29, 0.717) is 22.5 Å². The van der Waals surface area contributed by atoms with E-state index in [4.69, 9.17) is 4.74 Å². The van der Waals surface area contributed by atoms with Crippen LogP contribution in [0.4, 0.5) is 5.69 Å². The van der Waals surface area contributed by atoms with Crippen LogP contribution in [0.25, 0.3) is 0 Å². The highest BCUT2D eigenvalue weighted by molar-refractivity contribution is 9.10. The molecule has 4 aromatic carbocycles. The first-order chi connectivity index (χ1) is 21.2. The van der Waals surface area contributed by atoms with Gasteiger partial charge in [0.1, 0.15) is 18.3 Å². The van der Waals surface area contributed by atoms with Crippen molar-refractivity contribution in [2.75, 3.05) is 24.5 Å². The zero-order valence-corrected chi connectivity index (χ0v) is 27.1. The molecule has 0 aliphatic rings. The number of amides is 2. The van der Waals surface area contributed by atoms with E-state index in [-0.39, 0.29) is 23.8 Å². The van der Waals surface area contributed by atoms with Crippen LogP contribution >= 0.6 is 15.9 Å². The van der Waals surface area contributed by atoms with Gasteiger partial charge in [-0.2, -0.15) is 0 Å². The lowest BCUT2D eigenvalue weighted by Crippen LogP contribution is -2.53. The van der Waals surface area contributed by atoms with Crippen LogP contribution < -0.4 is 14.4 Å². The Morgan fingerprint density at radius 1 is 0.864 bits per heavy atom. The van der Waals surface area contributed by atoms with E-state index in [0.717, 1.165) is 21.9 Å². The Morgan fingerprint density at radius 2 is 1.52 bits per heavy atom. The molecule has 10 heteroatoms. The summed E-state index contributed by atoms with van der Waals surface area (Å²) in [5.41, 5.74) is 1.92. The maximum Gasteiger partial charge on any atom is 0.264 e. The van der Waals surface area contributed by atoms with Crippen molar-refractivity contribution < 1.29 is 22.7 Å². The summed E-state index contributed by atoms with van der Waals surface area (Å²) in [5, 5.41) is 2.95. The SMILES string of the molecule is CCCNC(=O)C(Cc1ccccc1)N(Cc1cccc(OC)c1)C(=O)CN(c1cccc(Br)c1)S(=O)(=O)c1ccccc1. The van der Waals surface area contributed by atoms with E-state index < -0.39 is 28.5 Å². The monoisotopic (exact) mass is 677 g/mol. The number of ether oxygens (including phenoxy) is 1. The van der Waals surface area contributed by atoms with Gasteiger partial charge in [0.2, 0.25) is 11.8 Å². The number of hydrogen-bond acceptors (Lipinski definition) is 5. The van der Waals surface area contributed by atoms with Crippen LogP contribution in [0.15, 0.2) is 119 Å². The first kappa shape index (κ1) is 32.8. The van der Waals surface area contributed by atoms with E-state index in [1.807, 2.05) is 49.4 Å². The zero-order valence-electron chi connectivity index (χ0n) is 24.7. The van der Waals surface area contributed by atoms with Crippen LogP contribution in [0, 0.1) is 0 Å². The standard InChI is InChI=1S/C34H36BrN3O5S/c1-3-20-36-34(40)32(22-26-12-6-4-7-13-26)37(24-27-14-10-17-30(21-27)43-2)33(39)25-38(29-16-11-15-28(35)23-29)44(41,42)31-18-8-5-9-19-31/h4-19,21,23,32H,3,20,22,24-25H2,1-2H3,(H,36,40). The highest BCUT2D eigenvalue weighted by Gasteiger charge is 2.34. The van der Waals surface area contributed by atoms with Crippen molar-refractivity contribution >= 4 is 43.5 Å². The van der Waals surface area contributed by atoms with Gasteiger partial charge in [-0.25, -0.2) is 8.42 Å². The fourth-order valence-corrected chi connectivity index (χ4v) is 6.58. The molecule has 0 aliphatic carbocycles. The lowest BCUT2D eigenvalue weighted by atomic mass is 10.0. The van der Waals surface area contributed by atoms with E-state index in [2.05, 4.69) is 21.2 Å². The van der Waals surface area contributed by atoms with Crippen LogP contribution in [0.5, 0.6) is 5.75 Å². The molecule has 2 amide bonds. The summed E-state index contributed by atoms with van der Waals surface area (Å²) < 4.78 is 35.2. The fraction of sp³-hybridized carbons (Fsp3) is 0.235. The molecule has 0 fully saturated rings. The van der Waals surface area contributed by atoms with Crippen LogP contribution in [0.2, 0.25) is 0 Å². The molecule has 0 saturated carbocycles. The Morgan fingerprint density at radius 3 is 2.18 bits per heavy atom. The number of nitrogens with one attached hydrogen (secondary N) is 1. The second-order valence-corrected chi connectivity index (χ2v) is 13.0. The van der Waals surface area contributed by atoms with Gasteiger partial charge in [-0.15, -0.1) is 0 Å². The van der Waals surface area contributed by atoms with Gasteiger partial charge in [-0.05, 0) is 60.0 Å². The Labute approximate surface area is 267 Å². The number of carbonyl (C=O) groups is 2. The Bertz CT molecular complexity index is 1650. The maximum absolute atomic E-state index is 14.5. The smallest absolute Gasteiger partial charge is 0.264 e. The molecule has 0 bridgehead atoms. The average molecular weight is 679 g/mol. The Hall–Kier alpha value is -4.15. The third kappa shape index (κ3) is 8.48. The number of nitrogens with zero attached hydrogens (tertiary/aromatic N) is 2. The third-order valence-corrected chi connectivity index (χ3v) is 9.29. The van der Waals surface area contributed by atoms with E-state index in [1.165, 1.54) is 17.0 Å². The maximum atomic E-state index is 14.5. The number of rotatable bonds is 14. The number of benzene rings is 4. The van der Waals surface area contributed by atoms with Gasteiger partial charge < -0.3 is 15.0 Å². The van der Waals surface area contributed by atoms with Gasteiger partial charge in [-0.1, -0.05) is 89.6 Å². The van der Waals surface area contributed by atoms with Crippen molar-refractivity contribution in [3.05, 3.63) is 125 Å². The quantitative estimate of drug-likeness (QED) is 0.182. The molecule has 0 aromatic heterocycles. The van der Waals surface area contributed by atoms with E-state index in [9.17, 15) is 18.0 Å². The lowest BCUT2D eigenvalue weighted by Gasteiger charge is -2.34. The van der Waals surface area contributed by atoms with Gasteiger partial charge in [-0.3, -0.25) is 13.9 Å². The molecule has 0 saturated heterocycles. The summed E-state index contributed by atoms with van der Waals surface area (Å²) in [6.45, 7) is 1.93. The minimum absolute atomic E-state index is 0.0497. The summed E-state index contributed by atoms with van der Waals surface area (Å²) in [7, 11) is -2.60. The molecule has 1 unspecified atom stereocenters. The minimum Gasteiger partial charge on any atom is -0.497 e. The number of halogens is 1. The van der Waals surface area contributed by atoms with Crippen molar-refractivity contribution in [3.8, 4) is 5.75 Å². The normalized spacial score (nSPS) is 11.8. The highest BCUT2D eigenvalue weighted by Crippen LogP contribution is 2.27. The van der Waals surface area contributed by atoms with Gasteiger partial charge in [0.15, 0.2) is 0 Å². The molecule has 8 nitrogen and oxygen atoms in total. The fourth-order valence-electron chi connectivity index (χ4n) is 4.77. The molecule has 4 rings (SSSR count). The highest BCUT2D eigenvalue weighted by atomic mass is 79.9. The van der Waals surface area contributed by atoms with Crippen molar-refractivity contribution in [1.82, 2.24) is 10.2 Å². The third-order valence-electron chi connectivity index (χ3n) is 7.01. The van der Waals surface area contributed by atoms with Crippen molar-refractivity contribution in [3.63, 3.8) is 0 Å². The predicted octanol–water partition coefficient (Wildman–Crippen LogP) is 5.82. The Balaban J connectivity index is 1.80. The average Bonchev–Trinajstić information content (AvgIpc) is 3.04. The molecule has 4 aromatic rings. The van der Waals surface area contributed by atoms with Crippen LogP contribution in [-0.2, 0) is 32.6 Å². The molecular weight excluding hydrogens is 642 g/mol. The molecule has 0 spiro atoms. The largest absolute Gasteiger partial charge is 0.497 e. The van der Waals surface area contributed by atoms with Gasteiger partial charge >= 0.3 is 0 Å². The summed E-state index contributed by atoms with van der Waals surface area (Å²) >= 11 is 3.43. The van der Waals surface area contributed by atoms with Crippen LogP contribution in [0.3, 0.4) is 0 Å². The van der Waals surface area contributed by atoms with Crippen molar-refractivity contribution in [2.45, 2.75) is 37.2 Å². The topological polar surface area (TPSA) is 96.0 Å². The molecule has 44 heavy (non-hydrogen) atoms. The van der Waals surface area contributed by atoms with Crippen LogP contribution in [-0.4, -0.2) is 51.4 Å². The number of methoxy groups -OCH3 is 1. The number of hydrogen-bond donors (Lipinski definition) is 1. The minimum atomic E-state index is -4.16. The van der Waals surface area contributed by atoms with Crippen LogP contribution in [0.1, 0.15) is 24.5 Å². The van der Waals surface area contributed by atoms with Crippen molar-refractivity contribution in [2.24, 2.45) is 0 Å². The second kappa shape index (κ2) is 15.5. The van der Waals surface area contributed by atoms with Gasteiger partial charge in [0.05, 0.1) is 17.7 Å². The molecule has 1 N–H and O–H groups in total. The predicted molar refractivity (Wildman–Crippen MR) is 176 cm³/mol. The second-order valence-electron chi connectivity index (χ2n) is 10.2. The molecule has 0 aliphatic heterocycles. The van der Waals surface area contributed by atoms with Gasteiger partial charge in [0, 0.05) is 24.0 Å². The van der Waals surface area contributed by atoms with Crippen molar-refractivity contribution in [1.29, 1.82) is 0 Å². The van der Waals surface area contributed by atoms with Gasteiger partial charge in [0.25, 0.3) is 10.0 Å². The summed E-state index contributed by atoms with van der Waals surface area (Å²) in [6.07, 6.45) is 0.966. The molecule has 0 radical (unpaired) electrons. The molecular formula is C34H36BrN3O5S. The number of carbonyl (C=O) groups excluding carboxylic acids is 2. The lowest BCUT2D eigenvalue weighted by molar-refractivity contribution is -0.140. The first-order valence-corrected chi connectivity index (χ1v) is 16.5.